The maximum Gasteiger partial charge on any atom is 0.229 e. The number of rotatable bonds is 9. The first-order valence-corrected chi connectivity index (χ1v) is 9.82. The predicted molar refractivity (Wildman–Crippen MR) is 109 cm³/mol. The third-order valence-corrected chi connectivity index (χ3v) is 5.07. The number of nitrogens with one attached hydrogen (secondary N) is 2. The molecule has 2 heterocycles. The van der Waals surface area contributed by atoms with Crippen molar-refractivity contribution in [2.75, 3.05) is 37.3 Å². The van der Waals surface area contributed by atoms with Gasteiger partial charge in [0.25, 0.3) is 0 Å². The maximum absolute atomic E-state index is 4.49. The Bertz CT molecular complexity index is 724. The van der Waals surface area contributed by atoms with E-state index in [2.05, 4.69) is 50.6 Å². The summed E-state index contributed by atoms with van der Waals surface area (Å²) in [7, 11) is 1.87. The van der Waals surface area contributed by atoms with Crippen LogP contribution in [-0.2, 0) is 12.8 Å². The van der Waals surface area contributed by atoms with Crippen LogP contribution in [-0.4, -0.2) is 41.5 Å². The average molecular weight is 354 g/mol. The molecule has 0 saturated carbocycles. The van der Waals surface area contributed by atoms with Gasteiger partial charge in [0.2, 0.25) is 5.95 Å². The highest BCUT2D eigenvalue weighted by Gasteiger charge is 2.12. The molecule has 1 aliphatic rings. The molecule has 140 valence electrons. The Kier molecular flexibility index (Phi) is 6.45. The highest BCUT2D eigenvalue weighted by molar-refractivity contribution is 5.57. The van der Waals surface area contributed by atoms with Gasteiger partial charge < -0.3 is 15.5 Å². The van der Waals surface area contributed by atoms with Gasteiger partial charge in [0.05, 0.1) is 0 Å². The van der Waals surface area contributed by atoms with E-state index in [4.69, 9.17) is 0 Å². The van der Waals surface area contributed by atoms with Crippen LogP contribution < -0.4 is 10.6 Å². The summed E-state index contributed by atoms with van der Waals surface area (Å²) >= 11 is 0. The third kappa shape index (κ3) is 4.94. The van der Waals surface area contributed by atoms with E-state index in [0.717, 1.165) is 30.0 Å². The van der Waals surface area contributed by atoms with Crippen molar-refractivity contribution in [3.8, 4) is 0 Å². The quantitative estimate of drug-likeness (QED) is 0.663. The van der Waals surface area contributed by atoms with E-state index in [1.807, 2.05) is 20.0 Å². The number of unbranched alkanes of at least 4 members (excludes halogenated alkanes) is 1. The molecular formula is C21H31N5. The number of anilines is 3. The first-order valence-electron chi connectivity index (χ1n) is 9.82. The van der Waals surface area contributed by atoms with Crippen LogP contribution in [0.4, 0.5) is 17.5 Å². The molecule has 0 unspecified atom stereocenters. The largest absolute Gasteiger partial charge is 0.373 e. The molecule has 1 saturated heterocycles. The zero-order valence-electron chi connectivity index (χ0n) is 16.3. The fourth-order valence-corrected chi connectivity index (χ4v) is 3.42. The number of nitrogens with zero attached hydrogens (tertiary/aromatic N) is 3. The monoisotopic (exact) mass is 353 g/mol. The van der Waals surface area contributed by atoms with E-state index in [0.29, 0.717) is 5.95 Å². The molecule has 0 aliphatic carbocycles. The molecule has 2 aromatic rings. The molecule has 26 heavy (non-hydrogen) atoms. The van der Waals surface area contributed by atoms with E-state index in [1.54, 1.807) is 0 Å². The molecule has 1 fully saturated rings. The number of aromatic nitrogens is 2. The summed E-state index contributed by atoms with van der Waals surface area (Å²) in [5, 5.41) is 6.45. The van der Waals surface area contributed by atoms with Crippen LogP contribution in [0.15, 0.2) is 24.3 Å². The second kappa shape index (κ2) is 8.99. The molecule has 0 radical (unpaired) electrons. The minimum atomic E-state index is 0.641. The van der Waals surface area contributed by atoms with Crippen LogP contribution in [0.3, 0.4) is 0 Å². The highest BCUT2D eigenvalue weighted by Crippen LogP contribution is 2.22. The second-order valence-corrected chi connectivity index (χ2v) is 7.08. The Morgan fingerprint density at radius 3 is 2.62 bits per heavy atom. The molecule has 0 bridgehead atoms. The Morgan fingerprint density at radius 2 is 1.92 bits per heavy atom. The average Bonchev–Trinajstić information content (AvgIpc) is 2.59. The molecule has 1 aliphatic heterocycles. The summed E-state index contributed by atoms with van der Waals surface area (Å²) in [4.78, 5) is 11.5. The molecule has 1 aromatic carbocycles. The van der Waals surface area contributed by atoms with E-state index < -0.39 is 0 Å². The number of likely N-dealkylation sites (tertiary alicyclic amines) is 1. The number of benzene rings is 1. The lowest BCUT2D eigenvalue weighted by atomic mass is 9.99. The van der Waals surface area contributed by atoms with Crippen molar-refractivity contribution in [3.05, 3.63) is 41.1 Å². The molecule has 0 amide bonds. The van der Waals surface area contributed by atoms with Gasteiger partial charge in [-0.2, -0.15) is 4.98 Å². The van der Waals surface area contributed by atoms with Crippen LogP contribution in [0.5, 0.6) is 0 Å². The van der Waals surface area contributed by atoms with E-state index >= 15 is 0 Å². The van der Waals surface area contributed by atoms with Gasteiger partial charge in [0, 0.05) is 24.5 Å². The van der Waals surface area contributed by atoms with Gasteiger partial charge in [0.1, 0.15) is 5.82 Å². The summed E-state index contributed by atoms with van der Waals surface area (Å²) in [6.45, 7) is 8.06. The smallest absolute Gasteiger partial charge is 0.229 e. The lowest BCUT2D eigenvalue weighted by molar-refractivity contribution is 0.178. The van der Waals surface area contributed by atoms with Crippen molar-refractivity contribution in [2.45, 2.75) is 46.0 Å². The fraction of sp³-hybridized carbons (Fsp3) is 0.524. The van der Waals surface area contributed by atoms with Gasteiger partial charge in [0.15, 0.2) is 0 Å². The summed E-state index contributed by atoms with van der Waals surface area (Å²) in [5.74, 6) is 1.47. The van der Waals surface area contributed by atoms with E-state index in [1.165, 1.54) is 50.0 Å². The second-order valence-electron chi connectivity index (χ2n) is 7.08. The van der Waals surface area contributed by atoms with Gasteiger partial charge in [-0.1, -0.05) is 13.0 Å². The van der Waals surface area contributed by atoms with Crippen molar-refractivity contribution in [2.24, 2.45) is 0 Å². The maximum atomic E-state index is 4.49. The molecule has 2 N–H and O–H groups in total. The topological polar surface area (TPSA) is 53.1 Å². The van der Waals surface area contributed by atoms with Crippen molar-refractivity contribution in [3.63, 3.8) is 0 Å². The van der Waals surface area contributed by atoms with Crippen molar-refractivity contribution < 1.29 is 0 Å². The Hall–Kier alpha value is -2.14. The lowest BCUT2D eigenvalue weighted by Gasteiger charge is -2.30. The van der Waals surface area contributed by atoms with Crippen molar-refractivity contribution in [1.29, 1.82) is 0 Å². The molecule has 5 nitrogen and oxygen atoms in total. The zero-order valence-corrected chi connectivity index (χ0v) is 16.3. The van der Waals surface area contributed by atoms with Gasteiger partial charge in [-0.3, -0.25) is 0 Å². The van der Waals surface area contributed by atoms with Gasteiger partial charge in [-0.25, -0.2) is 4.98 Å². The first kappa shape index (κ1) is 18.6. The zero-order chi connectivity index (χ0) is 18.4. The van der Waals surface area contributed by atoms with Crippen molar-refractivity contribution >= 4 is 17.5 Å². The molecule has 0 atom stereocenters. The molecule has 5 heteroatoms. The number of hydrogen-bond acceptors (Lipinski definition) is 5. The fourth-order valence-electron chi connectivity index (χ4n) is 3.42. The Morgan fingerprint density at radius 1 is 1.08 bits per heavy atom. The number of hydrogen-bond donors (Lipinski definition) is 2. The van der Waals surface area contributed by atoms with Gasteiger partial charge in [-0.05, 0) is 81.9 Å². The van der Waals surface area contributed by atoms with Crippen LogP contribution in [0, 0.1) is 6.92 Å². The predicted octanol–water partition coefficient (Wildman–Crippen LogP) is 4.16. The van der Waals surface area contributed by atoms with E-state index in [9.17, 15) is 0 Å². The minimum absolute atomic E-state index is 0.641. The SMILES string of the molecule is CCc1ccc(Nc2nc(C)cc(NC)n2)cc1CCCCN1CCC1. The van der Waals surface area contributed by atoms with Crippen LogP contribution >= 0.6 is 0 Å². The van der Waals surface area contributed by atoms with Crippen molar-refractivity contribution in [1.82, 2.24) is 14.9 Å². The minimum Gasteiger partial charge on any atom is -0.373 e. The standard InChI is InChI=1S/C21H31N5/c1-4-17-9-10-19(24-21-23-16(2)14-20(22-3)25-21)15-18(17)8-5-6-11-26-12-7-13-26/h9-10,14-15H,4-8,11-13H2,1-3H3,(H2,22,23,24,25). The lowest BCUT2D eigenvalue weighted by Crippen LogP contribution is -2.37. The molecule has 0 spiro atoms. The Balaban J connectivity index is 1.64. The van der Waals surface area contributed by atoms with Gasteiger partial charge in [-0.15, -0.1) is 0 Å². The summed E-state index contributed by atoms with van der Waals surface area (Å²) in [6.07, 6.45) is 6.13. The normalized spacial score (nSPS) is 14.1. The molecular weight excluding hydrogens is 322 g/mol. The number of aryl methyl sites for hydroxylation is 3. The summed E-state index contributed by atoms with van der Waals surface area (Å²) in [6, 6.07) is 8.58. The molecule has 3 rings (SSSR count). The third-order valence-electron chi connectivity index (χ3n) is 5.07. The van der Waals surface area contributed by atoms with E-state index in [-0.39, 0.29) is 0 Å². The molecule has 1 aromatic heterocycles. The van der Waals surface area contributed by atoms with Crippen LogP contribution in [0.25, 0.3) is 0 Å². The van der Waals surface area contributed by atoms with Crippen LogP contribution in [0.1, 0.15) is 43.0 Å². The van der Waals surface area contributed by atoms with Crippen LogP contribution in [0.2, 0.25) is 0 Å². The van der Waals surface area contributed by atoms with Gasteiger partial charge >= 0.3 is 0 Å². The first-order chi connectivity index (χ1) is 12.7. The highest BCUT2D eigenvalue weighted by atomic mass is 15.2. The Labute approximate surface area is 157 Å². The summed E-state index contributed by atoms with van der Waals surface area (Å²) in [5.41, 5.74) is 4.90. The summed E-state index contributed by atoms with van der Waals surface area (Å²) < 4.78 is 0.